The molecular formula is C26H39F. The van der Waals surface area contributed by atoms with Gasteiger partial charge in [0.15, 0.2) is 0 Å². The van der Waals surface area contributed by atoms with Crippen molar-refractivity contribution in [2.24, 2.45) is 23.7 Å². The Kier molecular flexibility index (Phi) is 6.25. The first-order chi connectivity index (χ1) is 13.2. The number of benzene rings is 1. The third-order valence-corrected chi connectivity index (χ3v) is 8.21. The third-order valence-electron chi connectivity index (χ3n) is 8.21. The van der Waals surface area contributed by atoms with Crippen LogP contribution in [0.5, 0.6) is 0 Å². The lowest BCUT2D eigenvalue weighted by molar-refractivity contribution is 0.114. The maximum atomic E-state index is 15.0. The van der Waals surface area contributed by atoms with Crippen LogP contribution < -0.4 is 0 Å². The van der Waals surface area contributed by atoms with Crippen molar-refractivity contribution in [1.29, 1.82) is 0 Å². The van der Waals surface area contributed by atoms with Gasteiger partial charge in [0.2, 0.25) is 0 Å². The van der Waals surface area contributed by atoms with E-state index >= 15 is 0 Å². The van der Waals surface area contributed by atoms with Crippen molar-refractivity contribution in [3.8, 4) is 0 Å². The molecule has 0 nitrogen and oxygen atoms in total. The van der Waals surface area contributed by atoms with Gasteiger partial charge in [0.25, 0.3) is 0 Å². The third kappa shape index (κ3) is 4.28. The molecule has 0 radical (unpaired) electrons. The number of hydrogen-bond acceptors (Lipinski definition) is 0. The smallest absolute Gasteiger partial charge is 0.126 e. The second kappa shape index (κ2) is 8.66. The van der Waals surface area contributed by atoms with E-state index in [0.29, 0.717) is 11.8 Å². The normalized spacial score (nSPS) is 33.4. The number of aryl methyl sites for hydroxylation is 1. The van der Waals surface area contributed by atoms with Crippen molar-refractivity contribution < 1.29 is 4.39 Å². The molecule has 1 aromatic rings. The van der Waals surface area contributed by atoms with Gasteiger partial charge in [0.05, 0.1) is 0 Å². The zero-order valence-corrected chi connectivity index (χ0v) is 17.6. The highest BCUT2D eigenvalue weighted by Gasteiger charge is 2.36. The fourth-order valence-electron chi connectivity index (χ4n) is 6.77. The maximum absolute atomic E-state index is 15.0. The van der Waals surface area contributed by atoms with E-state index < -0.39 is 0 Å². The molecule has 4 rings (SSSR count). The SMILES string of the molecule is CCCC1CCc2cc(C3CCC4CC(CCC)CCC4C3)cc(F)c2C1. The van der Waals surface area contributed by atoms with Gasteiger partial charge in [-0.05, 0) is 104 Å². The summed E-state index contributed by atoms with van der Waals surface area (Å²) in [5, 5.41) is 0. The number of fused-ring (bicyclic) bond motifs is 2. The summed E-state index contributed by atoms with van der Waals surface area (Å²) in [6, 6.07) is 4.34. The maximum Gasteiger partial charge on any atom is 0.126 e. The van der Waals surface area contributed by atoms with Gasteiger partial charge in [0, 0.05) is 0 Å². The molecule has 2 saturated carbocycles. The highest BCUT2D eigenvalue weighted by atomic mass is 19.1. The first kappa shape index (κ1) is 19.5. The van der Waals surface area contributed by atoms with Crippen LogP contribution in [0.15, 0.2) is 12.1 Å². The van der Waals surface area contributed by atoms with Crippen molar-refractivity contribution in [3.63, 3.8) is 0 Å². The number of rotatable bonds is 5. The topological polar surface area (TPSA) is 0 Å². The Morgan fingerprint density at radius 2 is 1.59 bits per heavy atom. The van der Waals surface area contributed by atoms with Crippen molar-refractivity contribution in [3.05, 3.63) is 34.6 Å². The van der Waals surface area contributed by atoms with Crippen LogP contribution in [0.1, 0.15) is 107 Å². The number of halogens is 1. The molecule has 0 saturated heterocycles. The Balaban J connectivity index is 1.44. The van der Waals surface area contributed by atoms with Crippen molar-refractivity contribution in [1.82, 2.24) is 0 Å². The molecule has 1 heteroatoms. The van der Waals surface area contributed by atoms with Crippen LogP contribution in [0.4, 0.5) is 4.39 Å². The standard InChI is InChI=1S/C26H39F/c1-3-5-18-7-9-21-15-22(12-11-20(21)13-18)24-16-23-10-8-19(6-4-2)14-25(23)26(27)17-24/h16-22H,3-15H2,1-2H3. The molecule has 0 amide bonds. The van der Waals surface area contributed by atoms with Crippen LogP contribution in [0, 0.1) is 29.5 Å². The lowest BCUT2D eigenvalue weighted by Crippen LogP contribution is -2.30. The Labute approximate surface area is 166 Å². The van der Waals surface area contributed by atoms with Crippen molar-refractivity contribution in [2.45, 2.75) is 103 Å². The van der Waals surface area contributed by atoms with Gasteiger partial charge in [-0.1, -0.05) is 52.0 Å². The van der Waals surface area contributed by atoms with Crippen LogP contribution >= 0.6 is 0 Å². The summed E-state index contributed by atoms with van der Waals surface area (Å²) in [6.45, 7) is 4.58. The molecule has 0 spiro atoms. The summed E-state index contributed by atoms with van der Waals surface area (Å²) in [7, 11) is 0. The molecule has 150 valence electrons. The first-order valence-electron chi connectivity index (χ1n) is 12.0. The van der Waals surface area contributed by atoms with E-state index in [2.05, 4.69) is 19.9 Å². The largest absolute Gasteiger partial charge is 0.207 e. The predicted molar refractivity (Wildman–Crippen MR) is 113 cm³/mol. The Bertz CT molecular complexity index is 633. The molecule has 3 aliphatic rings. The van der Waals surface area contributed by atoms with Gasteiger partial charge in [0.1, 0.15) is 5.82 Å². The highest BCUT2D eigenvalue weighted by Crippen LogP contribution is 2.48. The molecule has 0 bridgehead atoms. The van der Waals surface area contributed by atoms with Crippen LogP contribution in [0.3, 0.4) is 0 Å². The Morgan fingerprint density at radius 3 is 2.41 bits per heavy atom. The summed E-state index contributed by atoms with van der Waals surface area (Å²) >= 11 is 0. The minimum atomic E-state index is 0.108. The average Bonchev–Trinajstić information content (AvgIpc) is 2.68. The molecule has 2 fully saturated rings. The predicted octanol–water partition coefficient (Wildman–Crippen LogP) is 7.83. The zero-order valence-electron chi connectivity index (χ0n) is 17.6. The molecule has 0 N–H and O–H groups in total. The monoisotopic (exact) mass is 370 g/mol. The van der Waals surface area contributed by atoms with E-state index in [9.17, 15) is 4.39 Å². The lowest BCUT2D eigenvalue weighted by atomic mass is 9.63. The van der Waals surface area contributed by atoms with E-state index in [-0.39, 0.29) is 5.82 Å². The second-order valence-electron chi connectivity index (χ2n) is 10.0. The van der Waals surface area contributed by atoms with Gasteiger partial charge >= 0.3 is 0 Å². The lowest BCUT2D eigenvalue weighted by Gasteiger charge is -2.42. The van der Waals surface area contributed by atoms with Crippen LogP contribution in [0.25, 0.3) is 0 Å². The Morgan fingerprint density at radius 1 is 0.852 bits per heavy atom. The summed E-state index contributed by atoms with van der Waals surface area (Å²) < 4.78 is 15.0. The molecular weight excluding hydrogens is 331 g/mol. The van der Waals surface area contributed by atoms with Gasteiger partial charge in [-0.25, -0.2) is 4.39 Å². The quantitative estimate of drug-likeness (QED) is 0.495. The summed E-state index contributed by atoms with van der Waals surface area (Å²) in [5.74, 6) is 4.29. The fourth-order valence-corrected chi connectivity index (χ4v) is 6.77. The molecule has 5 unspecified atom stereocenters. The first-order valence-corrected chi connectivity index (χ1v) is 12.0. The van der Waals surface area contributed by atoms with Crippen LogP contribution in [-0.4, -0.2) is 0 Å². The minimum Gasteiger partial charge on any atom is -0.207 e. The van der Waals surface area contributed by atoms with E-state index in [1.54, 1.807) is 0 Å². The highest BCUT2D eigenvalue weighted by molar-refractivity contribution is 5.37. The summed E-state index contributed by atoms with van der Waals surface area (Å²) in [5.41, 5.74) is 3.72. The minimum absolute atomic E-state index is 0.108. The van der Waals surface area contributed by atoms with E-state index in [4.69, 9.17) is 0 Å². The Hall–Kier alpha value is -0.850. The molecule has 5 atom stereocenters. The molecule has 1 aromatic carbocycles. The van der Waals surface area contributed by atoms with Crippen LogP contribution in [-0.2, 0) is 12.8 Å². The van der Waals surface area contributed by atoms with Gasteiger partial charge in [-0.2, -0.15) is 0 Å². The van der Waals surface area contributed by atoms with Gasteiger partial charge in [-0.15, -0.1) is 0 Å². The molecule has 27 heavy (non-hydrogen) atoms. The average molecular weight is 371 g/mol. The zero-order chi connectivity index (χ0) is 18.8. The van der Waals surface area contributed by atoms with E-state index in [1.165, 1.54) is 81.8 Å². The van der Waals surface area contributed by atoms with Crippen molar-refractivity contribution in [2.75, 3.05) is 0 Å². The molecule has 3 aliphatic carbocycles. The van der Waals surface area contributed by atoms with E-state index in [0.717, 1.165) is 36.2 Å². The molecule has 0 heterocycles. The van der Waals surface area contributed by atoms with Gasteiger partial charge in [-0.3, -0.25) is 0 Å². The summed E-state index contributed by atoms with van der Waals surface area (Å²) in [6.07, 6.45) is 16.9. The van der Waals surface area contributed by atoms with Crippen LogP contribution in [0.2, 0.25) is 0 Å². The van der Waals surface area contributed by atoms with E-state index in [1.807, 2.05) is 6.07 Å². The van der Waals surface area contributed by atoms with Crippen molar-refractivity contribution >= 4 is 0 Å². The molecule has 0 aromatic heterocycles. The summed E-state index contributed by atoms with van der Waals surface area (Å²) in [4.78, 5) is 0. The fraction of sp³-hybridized carbons (Fsp3) is 0.769. The van der Waals surface area contributed by atoms with Gasteiger partial charge < -0.3 is 0 Å². The molecule has 0 aliphatic heterocycles. The number of hydrogen-bond donors (Lipinski definition) is 0. The second-order valence-corrected chi connectivity index (χ2v) is 10.0.